The van der Waals surface area contributed by atoms with E-state index in [0.717, 1.165) is 31.6 Å². The van der Waals surface area contributed by atoms with Crippen molar-refractivity contribution in [3.63, 3.8) is 0 Å². The fourth-order valence-electron chi connectivity index (χ4n) is 3.49. The number of hydrogen-bond acceptors (Lipinski definition) is 4. The molecule has 3 rings (SSSR count). The van der Waals surface area contributed by atoms with Crippen molar-refractivity contribution in [1.29, 1.82) is 0 Å². The van der Waals surface area contributed by atoms with E-state index in [1.807, 2.05) is 30.3 Å². The summed E-state index contributed by atoms with van der Waals surface area (Å²) in [6, 6.07) is 18.3. The van der Waals surface area contributed by atoms with Crippen molar-refractivity contribution in [2.75, 3.05) is 26.2 Å². The largest absolute Gasteiger partial charge is 0.460 e. The molecular formula is C23H30N2O2. The lowest BCUT2D eigenvalue weighted by molar-refractivity contribution is -0.152. The van der Waals surface area contributed by atoms with Crippen molar-refractivity contribution in [1.82, 2.24) is 10.2 Å². The van der Waals surface area contributed by atoms with Crippen molar-refractivity contribution in [3.05, 3.63) is 60.2 Å². The smallest absolute Gasteiger partial charge is 0.325 e. The van der Waals surface area contributed by atoms with Crippen molar-refractivity contribution >= 4 is 5.97 Å². The van der Waals surface area contributed by atoms with E-state index in [1.165, 1.54) is 24.0 Å². The number of carbonyl (C=O) groups is 1. The quantitative estimate of drug-likeness (QED) is 0.569. The van der Waals surface area contributed by atoms with Crippen LogP contribution in [0.5, 0.6) is 0 Å². The summed E-state index contributed by atoms with van der Waals surface area (Å²) in [4.78, 5) is 14.9. The SMILES string of the molecule is CCCCCN1CCNCC1C(=O)OCc1ccc(-c2ccccc2)cc1. The minimum Gasteiger partial charge on any atom is -0.460 e. The monoisotopic (exact) mass is 366 g/mol. The minimum atomic E-state index is -0.167. The number of ether oxygens (including phenoxy) is 1. The van der Waals surface area contributed by atoms with Crippen molar-refractivity contribution in [3.8, 4) is 11.1 Å². The number of nitrogens with one attached hydrogen (secondary N) is 1. The van der Waals surface area contributed by atoms with Gasteiger partial charge in [-0.2, -0.15) is 0 Å². The topological polar surface area (TPSA) is 41.6 Å². The maximum Gasteiger partial charge on any atom is 0.325 e. The molecule has 1 unspecified atom stereocenters. The second kappa shape index (κ2) is 10.2. The zero-order valence-corrected chi connectivity index (χ0v) is 16.2. The Morgan fingerprint density at radius 2 is 1.81 bits per heavy atom. The van der Waals surface area contributed by atoms with E-state index in [9.17, 15) is 4.79 Å². The minimum absolute atomic E-state index is 0.120. The molecule has 1 aliphatic heterocycles. The van der Waals surface area contributed by atoms with Gasteiger partial charge in [-0.3, -0.25) is 9.69 Å². The van der Waals surface area contributed by atoms with Crippen LogP contribution in [0.2, 0.25) is 0 Å². The summed E-state index contributed by atoms with van der Waals surface area (Å²) in [5.41, 5.74) is 3.38. The lowest BCUT2D eigenvalue weighted by Gasteiger charge is -2.34. The molecule has 27 heavy (non-hydrogen) atoms. The van der Waals surface area contributed by atoms with Crippen LogP contribution in [-0.2, 0) is 16.1 Å². The molecule has 1 saturated heterocycles. The summed E-state index contributed by atoms with van der Waals surface area (Å²) in [5.74, 6) is -0.120. The van der Waals surface area contributed by atoms with Gasteiger partial charge in [0.2, 0.25) is 0 Å². The highest BCUT2D eigenvalue weighted by Crippen LogP contribution is 2.19. The number of benzene rings is 2. The maximum absolute atomic E-state index is 12.6. The second-order valence-corrected chi connectivity index (χ2v) is 7.13. The molecule has 144 valence electrons. The standard InChI is InChI=1S/C23H30N2O2/c1-2-3-7-15-25-16-14-24-17-22(25)23(26)27-18-19-10-12-21(13-11-19)20-8-5-4-6-9-20/h4-6,8-13,22,24H,2-3,7,14-18H2,1H3. The van der Waals surface area contributed by atoms with Gasteiger partial charge >= 0.3 is 5.97 Å². The van der Waals surface area contributed by atoms with Gasteiger partial charge in [0, 0.05) is 19.6 Å². The van der Waals surface area contributed by atoms with Gasteiger partial charge in [0.25, 0.3) is 0 Å². The van der Waals surface area contributed by atoms with Crippen LogP contribution in [0.1, 0.15) is 31.7 Å². The van der Waals surface area contributed by atoms with Gasteiger partial charge in [0.05, 0.1) is 0 Å². The van der Waals surface area contributed by atoms with E-state index < -0.39 is 0 Å². The number of piperazine rings is 1. The molecule has 1 atom stereocenters. The van der Waals surface area contributed by atoms with Crippen molar-refractivity contribution < 1.29 is 9.53 Å². The van der Waals surface area contributed by atoms with Crippen LogP contribution in [0.4, 0.5) is 0 Å². The van der Waals surface area contributed by atoms with Crippen LogP contribution < -0.4 is 5.32 Å². The predicted molar refractivity (Wildman–Crippen MR) is 109 cm³/mol. The van der Waals surface area contributed by atoms with Crippen LogP contribution in [0.3, 0.4) is 0 Å². The van der Waals surface area contributed by atoms with Crippen LogP contribution >= 0.6 is 0 Å². The Bertz CT molecular complexity index is 700. The lowest BCUT2D eigenvalue weighted by atomic mass is 10.0. The molecule has 1 aliphatic rings. The van der Waals surface area contributed by atoms with Crippen molar-refractivity contribution in [2.24, 2.45) is 0 Å². The third-order valence-corrected chi connectivity index (χ3v) is 5.12. The first kappa shape index (κ1) is 19.6. The first-order chi connectivity index (χ1) is 13.3. The normalized spacial score (nSPS) is 17.6. The molecule has 0 bridgehead atoms. The van der Waals surface area contributed by atoms with E-state index in [2.05, 4.69) is 41.4 Å². The summed E-state index contributed by atoms with van der Waals surface area (Å²) in [5, 5.41) is 3.32. The van der Waals surface area contributed by atoms with E-state index in [4.69, 9.17) is 4.74 Å². The fraction of sp³-hybridized carbons (Fsp3) is 0.435. The Balaban J connectivity index is 1.53. The number of carbonyl (C=O) groups excluding carboxylic acids is 1. The lowest BCUT2D eigenvalue weighted by Crippen LogP contribution is -2.55. The molecule has 2 aromatic carbocycles. The summed E-state index contributed by atoms with van der Waals surface area (Å²) in [7, 11) is 0. The Kier molecular flexibility index (Phi) is 7.43. The average Bonchev–Trinajstić information content (AvgIpc) is 2.73. The predicted octanol–water partition coefficient (Wildman–Crippen LogP) is 3.86. The van der Waals surface area contributed by atoms with Crippen molar-refractivity contribution in [2.45, 2.75) is 38.8 Å². The summed E-state index contributed by atoms with van der Waals surface area (Å²) in [6.45, 7) is 6.03. The Hall–Kier alpha value is -2.17. The second-order valence-electron chi connectivity index (χ2n) is 7.13. The van der Waals surface area contributed by atoms with Gasteiger partial charge in [0.1, 0.15) is 12.6 Å². The van der Waals surface area contributed by atoms with Gasteiger partial charge in [-0.1, -0.05) is 74.4 Å². The van der Waals surface area contributed by atoms with Gasteiger partial charge in [-0.25, -0.2) is 0 Å². The zero-order chi connectivity index (χ0) is 18.9. The maximum atomic E-state index is 12.6. The number of unbranched alkanes of at least 4 members (excludes halogenated alkanes) is 2. The number of esters is 1. The molecule has 0 aromatic heterocycles. The highest BCUT2D eigenvalue weighted by atomic mass is 16.5. The first-order valence-corrected chi connectivity index (χ1v) is 10.0. The van der Waals surface area contributed by atoms with Crippen LogP contribution in [0.15, 0.2) is 54.6 Å². The molecule has 0 spiro atoms. The number of nitrogens with zero attached hydrogens (tertiary/aromatic N) is 1. The average molecular weight is 367 g/mol. The molecule has 4 heteroatoms. The van der Waals surface area contributed by atoms with E-state index >= 15 is 0 Å². The molecule has 0 amide bonds. The molecule has 2 aromatic rings. The van der Waals surface area contributed by atoms with Gasteiger partial charge in [-0.15, -0.1) is 0 Å². The molecule has 0 radical (unpaired) electrons. The van der Waals surface area contributed by atoms with Crippen LogP contribution in [0.25, 0.3) is 11.1 Å². The van der Waals surface area contributed by atoms with Gasteiger partial charge < -0.3 is 10.1 Å². The Morgan fingerprint density at radius 3 is 2.56 bits per heavy atom. The van der Waals surface area contributed by atoms with E-state index in [0.29, 0.717) is 13.2 Å². The molecule has 1 N–H and O–H groups in total. The third-order valence-electron chi connectivity index (χ3n) is 5.12. The highest BCUT2D eigenvalue weighted by molar-refractivity contribution is 5.76. The number of rotatable bonds is 8. The summed E-state index contributed by atoms with van der Waals surface area (Å²) < 4.78 is 5.63. The zero-order valence-electron chi connectivity index (χ0n) is 16.2. The molecule has 1 heterocycles. The van der Waals surface area contributed by atoms with Crippen LogP contribution in [-0.4, -0.2) is 43.1 Å². The van der Waals surface area contributed by atoms with Gasteiger partial charge in [-0.05, 0) is 29.7 Å². The molecular weight excluding hydrogens is 336 g/mol. The summed E-state index contributed by atoms with van der Waals surface area (Å²) in [6.07, 6.45) is 3.54. The van der Waals surface area contributed by atoms with Gasteiger partial charge in [0.15, 0.2) is 0 Å². The molecule has 0 saturated carbocycles. The molecule has 4 nitrogen and oxygen atoms in total. The fourth-order valence-corrected chi connectivity index (χ4v) is 3.49. The van der Waals surface area contributed by atoms with E-state index in [1.54, 1.807) is 0 Å². The Labute approximate surface area is 162 Å². The van der Waals surface area contributed by atoms with E-state index in [-0.39, 0.29) is 12.0 Å². The third kappa shape index (κ3) is 5.65. The Morgan fingerprint density at radius 1 is 1.07 bits per heavy atom. The highest BCUT2D eigenvalue weighted by Gasteiger charge is 2.29. The molecule has 0 aliphatic carbocycles. The molecule has 1 fully saturated rings. The first-order valence-electron chi connectivity index (χ1n) is 10.0. The summed E-state index contributed by atoms with van der Waals surface area (Å²) >= 11 is 0. The number of hydrogen-bond donors (Lipinski definition) is 1. The van der Waals surface area contributed by atoms with Crippen LogP contribution in [0, 0.1) is 0 Å².